The molecule has 1 aliphatic carbocycles. The number of amides is 1. The standard InChI is InChI=1S/C23H25BrN2O/c1-23(2,3)18-11-9-17(10-12-18)20-14-21(20)22(27)26-25-15-19(24)13-16-7-5-4-6-8-16/h4-13,15,20-21H,14H2,1-3H3,(H,26,27)/b19-13-,25-15?/t20-,21-/m0/s1. The van der Waals surface area contributed by atoms with E-state index in [0.717, 1.165) is 16.5 Å². The van der Waals surface area contributed by atoms with Gasteiger partial charge in [0.05, 0.1) is 6.21 Å². The fourth-order valence-corrected chi connectivity index (χ4v) is 3.44. The van der Waals surface area contributed by atoms with E-state index in [0.29, 0.717) is 5.92 Å². The van der Waals surface area contributed by atoms with Crippen LogP contribution in [0.2, 0.25) is 0 Å². The first-order valence-electron chi connectivity index (χ1n) is 9.20. The number of benzene rings is 2. The average Bonchev–Trinajstić information content (AvgIpc) is 3.43. The third kappa shape index (κ3) is 5.39. The number of rotatable bonds is 5. The van der Waals surface area contributed by atoms with Gasteiger partial charge < -0.3 is 0 Å². The summed E-state index contributed by atoms with van der Waals surface area (Å²) >= 11 is 3.45. The Labute approximate surface area is 169 Å². The highest BCUT2D eigenvalue weighted by Crippen LogP contribution is 2.47. The second-order valence-electron chi connectivity index (χ2n) is 7.99. The van der Waals surface area contributed by atoms with Crippen LogP contribution in [-0.4, -0.2) is 12.1 Å². The van der Waals surface area contributed by atoms with Crippen molar-refractivity contribution >= 4 is 34.1 Å². The van der Waals surface area contributed by atoms with E-state index < -0.39 is 0 Å². The quantitative estimate of drug-likeness (QED) is 0.490. The Bertz CT molecular complexity index is 848. The molecule has 3 nitrogen and oxygen atoms in total. The molecule has 4 heteroatoms. The molecule has 0 saturated heterocycles. The number of hydrazone groups is 1. The molecule has 2 atom stereocenters. The van der Waals surface area contributed by atoms with Crippen LogP contribution in [0.15, 0.2) is 64.2 Å². The number of carbonyl (C=O) groups is 1. The molecule has 2 aromatic rings. The van der Waals surface area contributed by atoms with Gasteiger partial charge in [-0.05, 0) is 56.5 Å². The molecule has 0 aliphatic heterocycles. The van der Waals surface area contributed by atoms with Gasteiger partial charge in [0.25, 0.3) is 0 Å². The summed E-state index contributed by atoms with van der Waals surface area (Å²) < 4.78 is 0.805. The SMILES string of the molecule is CC(C)(C)c1ccc([C@@H]2C[C@@H]2C(=O)NN=C/C(Br)=C/c2ccccc2)cc1. The smallest absolute Gasteiger partial charge is 0.243 e. The van der Waals surface area contributed by atoms with Crippen LogP contribution >= 0.6 is 15.9 Å². The molecule has 0 spiro atoms. The molecule has 2 aromatic carbocycles. The van der Waals surface area contributed by atoms with Crippen molar-refractivity contribution in [1.29, 1.82) is 0 Å². The van der Waals surface area contributed by atoms with Gasteiger partial charge in [0.15, 0.2) is 0 Å². The summed E-state index contributed by atoms with van der Waals surface area (Å²) in [5, 5.41) is 4.06. The Kier molecular flexibility index (Phi) is 5.95. The second kappa shape index (κ2) is 8.22. The van der Waals surface area contributed by atoms with Gasteiger partial charge in [-0.25, -0.2) is 5.43 Å². The maximum Gasteiger partial charge on any atom is 0.243 e. The van der Waals surface area contributed by atoms with Gasteiger partial charge in [0, 0.05) is 10.4 Å². The molecule has 0 unspecified atom stereocenters. The first kappa shape index (κ1) is 19.6. The summed E-state index contributed by atoms with van der Waals surface area (Å²) in [6.07, 6.45) is 4.45. The number of hydrogen-bond donors (Lipinski definition) is 1. The van der Waals surface area contributed by atoms with Gasteiger partial charge in [-0.1, -0.05) is 75.4 Å². The van der Waals surface area contributed by atoms with Crippen LogP contribution in [0.3, 0.4) is 0 Å². The summed E-state index contributed by atoms with van der Waals surface area (Å²) in [5.74, 6) is 0.299. The minimum absolute atomic E-state index is 0.0134. The Morgan fingerprint density at radius 3 is 2.41 bits per heavy atom. The lowest BCUT2D eigenvalue weighted by Crippen LogP contribution is -2.20. The number of nitrogens with one attached hydrogen (secondary N) is 1. The highest BCUT2D eigenvalue weighted by Gasteiger charge is 2.43. The van der Waals surface area contributed by atoms with Crippen LogP contribution in [0.5, 0.6) is 0 Å². The van der Waals surface area contributed by atoms with Crippen molar-refractivity contribution in [3.63, 3.8) is 0 Å². The first-order chi connectivity index (χ1) is 12.8. The van der Waals surface area contributed by atoms with Crippen LogP contribution in [0.4, 0.5) is 0 Å². The van der Waals surface area contributed by atoms with Crippen molar-refractivity contribution in [2.45, 2.75) is 38.5 Å². The van der Waals surface area contributed by atoms with Gasteiger partial charge in [-0.15, -0.1) is 0 Å². The molecule has 3 rings (SSSR count). The predicted molar refractivity (Wildman–Crippen MR) is 116 cm³/mol. The number of hydrogen-bond acceptors (Lipinski definition) is 2. The lowest BCUT2D eigenvalue weighted by atomic mass is 9.86. The van der Waals surface area contributed by atoms with E-state index in [4.69, 9.17) is 0 Å². The van der Waals surface area contributed by atoms with E-state index in [9.17, 15) is 4.79 Å². The molecule has 1 fully saturated rings. The maximum atomic E-state index is 12.3. The molecule has 0 heterocycles. The third-order valence-electron chi connectivity index (χ3n) is 4.80. The minimum atomic E-state index is -0.0174. The normalized spacial score (nSPS) is 19.9. The monoisotopic (exact) mass is 424 g/mol. The largest absolute Gasteiger partial charge is 0.273 e. The van der Waals surface area contributed by atoms with E-state index in [1.165, 1.54) is 11.1 Å². The summed E-state index contributed by atoms with van der Waals surface area (Å²) in [6.45, 7) is 6.62. The summed E-state index contributed by atoms with van der Waals surface area (Å²) in [7, 11) is 0. The van der Waals surface area contributed by atoms with Crippen molar-refractivity contribution < 1.29 is 4.79 Å². The molecule has 1 aliphatic rings. The van der Waals surface area contributed by atoms with Crippen LogP contribution in [0.1, 0.15) is 49.8 Å². The zero-order valence-corrected chi connectivity index (χ0v) is 17.5. The molecular weight excluding hydrogens is 400 g/mol. The van der Waals surface area contributed by atoms with Crippen LogP contribution in [0.25, 0.3) is 6.08 Å². The van der Waals surface area contributed by atoms with E-state index in [2.05, 4.69) is 71.5 Å². The second-order valence-corrected chi connectivity index (χ2v) is 8.91. The molecule has 27 heavy (non-hydrogen) atoms. The number of halogens is 1. The zero-order chi connectivity index (χ0) is 19.4. The van der Waals surface area contributed by atoms with Crippen molar-refractivity contribution in [3.8, 4) is 0 Å². The van der Waals surface area contributed by atoms with Crippen molar-refractivity contribution in [2.75, 3.05) is 0 Å². The van der Waals surface area contributed by atoms with Crippen molar-refractivity contribution in [3.05, 3.63) is 75.8 Å². The lowest BCUT2D eigenvalue weighted by molar-refractivity contribution is -0.122. The molecule has 140 valence electrons. The van der Waals surface area contributed by atoms with Crippen molar-refractivity contribution in [1.82, 2.24) is 5.43 Å². The Hall–Kier alpha value is -2.20. The average molecular weight is 425 g/mol. The molecule has 0 radical (unpaired) electrons. The zero-order valence-electron chi connectivity index (χ0n) is 15.9. The summed E-state index contributed by atoms with van der Waals surface area (Å²) in [5.41, 5.74) is 6.42. The molecule has 0 bridgehead atoms. The molecule has 1 N–H and O–H groups in total. The fraction of sp³-hybridized carbons (Fsp3) is 0.304. The number of carbonyl (C=O) groups excluding carboxylic acids is 1. The highest BCUT2D eigenvalue weighted by atomic mass is 79.9. The minimum Gasteiger partial charge on any atom is -0.273 e. The van der Waals surface area contributed by atoms with Crippen molar-refractivity contribution in [2.24, 2.45) is 11.0 Å². The van der Waals surface area contributed by atoms with Crippen LogP contribution in [-0.2, 0) is 10.2 Å². The summed E-state index contributed by atoms with van der Waals surface area (Å²) in [4.78, 5) is 12.3. The van der Waals surface area contributed by atoms with Crippen LogP contribution < -0.4 is 5.43 Å². The maximum absolute atomic E-state index is 12.3. The van der Waals surface area contributed by atoms with E-state index in [1.807, 2.05) is 36.4 Å². The third-order valence-corrected chi connectivity index (χ3v) is 5.23. The molecular formula is C23H25BrN2O. The topological polar surface area (TPSA) is 41.5 Å². The van der Waals surface area contributed by atoms with Gasteiger partial charge in [-0.3, -0.25) is 4.79 Å². The Morgan fingerprint density at radius 2 is 1.78 bits per heavy atom. The first-order valence-corrected chi connectivity index (χ1v) is 9.99. The molecule has 0 aromatic heterocycles. The predicted octanol–water partition coefficient (Wildman–Crippen LogP) is 5.63. The van der Waals surface area contributed by atoms with Gasteiger partial charge >= 0.3 is 0 Å². The lowest BCUT2D eigenvalue weighted by Gasteiger charge is -2.19. The van der Waals surface area contributed by atoms with Crippen LogP contribution in [0, 0.1) is 5.92 Å². The molecule has 1 amide bonds. The highest BCUT2D eigenvalue weighted by molar-refractivity contribution is 9.12. The van der Waals surface area contributed by atoms with Gasteiger partial charge in [-0.2, -0.15) is 5.10 Å². The summed E-state index contributed by atoms with van der Waals surface area (Å²) in [6, 6.07) is 18.6. The van der Waals surface area contributed by atoms with E-state index in [1.54, 1.807) is 6.21 Å². The van der Waals surface area contributed by atoms with E-state index in [-0.39, 0.29) is 17.2 Å². The Balaban J connectivity index is 1.52. The molecule has 1 saturated carbocycles. The van der Waals surface area contributed by atoms with Gasteiger partial charge in [0.2, 0.25) is 5.91 Å². The van der Waals surface area contributed by atoms with Gasteiger partial charge in [0.1, 0.15) is 0 Å². The fourth-order valence-electron chi connectivity index (χ4n) is 3.07. The van der Waals surface area contributed by atoms with E-state index >= 15 is 0 Å². The number of allylic oxidation sites excluding steroid dienone is 1. The Morgan fingerprint density at radius 1 is 1.11 bits per heavy atom. The number of nitrogens with zero attached hydrogens (tertiary/aromatic N) is 1.